The Kier molecular flexibility index (Phi) is 6.41. The molecule has 1 aliphatic heterocycles. The van der Waals surface area contributed by atoms with Crippen LogP contribution >= 0.6 is 24.0 Å². The van der Waals surface area contributed by atoms with E-state index in [0.717, 1.165) is 5.56 Å². The molecule has 25 heavy (non-hydrogen) atoms. The third kappa shape index (κ3) is 5.97. The van der Waals surface area contributed by atoms with Crippen LogP contribution in [0.5, 0.6) is 0 Å². The highest BCUT2D eigenvalue weighted by Gasteiger charge is 2.31. The van der Waals surface area contributed by atoms with Gasteiger partial charge in [0, 0.05) is 18.5 Å². The van der Waals surface area contributed by atoms with Crippen LogP contribution < -0.4 is 5.32 Å². The first-order valence-corrected chi connectivity index (χ1v) is 9.51. The molecule has 0 spiro atoms. The minimum absolute atomic E-state index is 0.00635. The standard InChI is InChI=1S/C19H24N2O2S2/c1-13-7-9-14(10-8-13)12-15-17(23)21(18(24)25-15)11-5-6-16(22)20-19(2,3)4/h7-10,12H,5-6,11H2,1-4H3,(H,20,22). The first kappa shape index (κ1) is 19.7. The summed E-state index contributed by atoms with van der Waals surface area (Å²) in [6.07, 6.45) is 2.84. The SMILES string of the molecule is Cc1ccc(C=C2SC(=S)N(CCCC(=O)NC(C)(C)C)C2=O)cc1. The van der Waals surface area contributed by atoms with E-state index in [1.54, 1.807) is 4.90 Å². The minimum Gasteiger partial charge on any atom is -0.352 e. The van der Waals surface area contributed by atoms with Crippen molar-refractivity contribution < 1.29 is 9.59 Å². The van der Waals surface area contributed by atoms with E-state index < -0.39 is 0 Å². The zero-order valence-corrected chi connectivity index (χ0v) is 16.7. The summed E-state index contributed by atoms with van der Waals surface area (Å²) in [5, 5.41) is 2.92. The quantitative estimate of drug-likeness (QED) is 0.626. The van der Waals surface area contributed by atoms with Crippen molar-refractivity contribution in [2.24, 2.45) is 0 Å². The number of thioether (sulfide) groups is 1. The van der Waals surface area contributed by atoms with Crippen molar-refractivity contribution >= 4 is 46.2 Å². The third-order valence-electron chi connectivity index (χ3n) is 3.55. The Morgan fingerprint density at radius 1 is 1.28 bits per heavy atom. The Labute approximate surface area is 159 Å². The average Bonchev–Trinajstić information content (AvgIpc) is 2.75. The lowest BCUT2D eigenvalue weighted by Gasteiger charge is -2.21. The van der Waals surface area contributed by atoms with Crippen molar-refractivity contribution in [3.63, 3.8) is 0 Å². The number of thiocarbonyl (C=S) groups is 1. The molecule has 1 heterocycles. The number of rotatable bonds is 5. The van der Waals surface area contributed by atoms with Crippen LogP contribution in [0.4, 0.5) is 0 Å². The van der Waals surface area contributed by atoms with Gasteiger partial charge >= 0.3 is 0 Å². The lowest BCUT2D eigenvalue weighted by atomic mass is 10.1. The Hall–Kier alpha value is -1.66. The molecule has 1 N–H and O–H groups in total. The maximum absolute atomic E-state index is 12.5. The predicted molar refractivity (Wildman–Crippen MR) is 108 cm³/mol. The molecule has 0 unspecified atom stereocenters. The molecular formula is C19H24N2O2S2. The number of nitrogens with zero attached hydrogens (tertiary/aromatic N) is 1. The molecule has 2 rings (SSSR count). The van der Waals surface area contributed by atoms with Crippen molar-refractivity contribution in [3.05, 3.63) is 40.3 Å². The number of carbonyl (C=O) groups is 2. The van der Waals surface area contributed by atoms with E-state index >= 15 is 0 Å². The zero-order chi connectivity index (χ0) is 18.6. The van der Waals surface area contributed by atoms with Gasteiger partial charge in [0.1, 0.15) is 4.32 Å². The van der Waals surface area contributed by atoms with E-state index in [2.05, 4.69) is 5.32 Å². The average molecular weight is 377 g/mol. The van der Waals surface area contributed by atoms with Gasteiger partial charge in [-0.05, 0) is 45.8 Å². The molecule has 1 aromatic rings. The number of hydrogen-bond acceptors (Lipinski definition) is 4. The molecule has 1 aliphatic rings. The van der Waals surface area contributed by atoms with Gasteiger partial charge < -0.3 is 5.32 Å². The smallest absolute Gasteiger partial charge is 0.266 e. The second kappa shape index (κ2) is 8.15. The van der Waals surface area contributed by atoms with E-state index in [0.29, 0.717) is 28.6 Å². The van der Waals surface area contributed by atoms with E-state index in [4.69, 9.17) is 12.2 Å². The van der Waals surface area contributed by atoms with Crippen molar-refractivity contribution in [1.29, 1.82) is 0 Å². The molecular weight excluding hydrogens is 352 g/mol. The van der Waals surface area contributed by atoms with Gasteiger partial charge in [0.2, 0.25) is 5.91 Å². The molecule has 1 fully saturated rings. The fourth-order valence-corrected chi connectivity index (χ4v) is 3.69. The van der Waals surface area contributed by atoms with Gasteiger partial charge in [-0.25, -0.2) is 0 Å². The molecule has 134 valence electrons. The third-order valence-corrected chi connectivity index (χ3v) is 4.93. The van der Waals surface area contributed by atoms with Crippen LogP contribution in [-0.2, 0) is 9.59 Å². The fourth-order valence-electron chi connectivity index (χ4n) is 2.39. The zero-order valence-electron chi connectivity index (χ0n) is 15.1. The summed E-state index contributed by atoms with van der Waals surface area (Å²) >= 11 is 6.64. The summed E-state index contributed by atoms with van der Waals surface area (Å²) in [6.45, 7) is 8.33. The summed E-state index contributed by atoms with van der Waals surface area (Å²) in [5.74, 6) is -0.0834. The summed E-state index contributed by atoms with van der Waals surface area (Å²) in [6, 6.07) is 8.00. The number of hydrogen-bond donors (Lipinski definition) is 1. The van der Waals surface area contributed by atoms with Crippen molar-refractivity contribution in [3.8, 4) is 0 Å². The number of benzene rings is 1. The molecule has 1 aromatic carbocycles. The van der Waals surface area contributed by atoms with E-state index in [-0.39, 0.29) is 17.4 Å². The van der Waals surface area contributed by atoms with Crippen LogP contribution in [-0.4, -0.2) is 33.1 Å². The molecule has 2 amide bonds. The number of nitrogens with one attached hydrogen (secondary N) is 1. The molecule has 0 radical (unpaired) electrons. The molecule has 0 bridgehead atoms. The van der Waals surface area contributed by atoms with Gasteiger partial charge in [-0.3, -0.25) is 14.5 Å². The van der Waals surface area contributed by atoms with Crippen LogP contribution in [0.2, 0.25) is 0 Å². The minimum atomic E-state index is -0.240. The monoisotopic (exact) mass is 376 g/mol. The highest BCUT2D eigenvalue weighted by atomic mass is 32.2. The molecule has 4 nitrogen and oxygen atoms in total. The topological polar surface area (TPSA) is 49.4 Å². The van der Waals surface area contributed by atoms with Crippen LogP contribution in [0.25, 0.3) is 6.08 Å². The molecule has 0 aliphatic carbocycles. The van der Waals surface area contributed by atoms with Gasteiger partial charge in [-0.1, -0.05) is 53.8 Å². The van der Waals surface area contributed by atoms with Gasteiger partial charge in [-0.15, -0.1) is 0 Å². The van der Waals surface area contributed by atoms with Crippen LogP contribution in [0.3, 0.4) is 0 Å². The van der Waals surface area contributed by atoms with Gasteiger partial charge in [0.25, 0.3) is 5.91 Å². The van der Waals surface area contributed by atoms with E-state index in [1.807, 2.05) is 58.0 Å². The fraction of sp³-hybridized carbons (Fsp3) is 0.421. The van der Waals surface area contributed by atoms with Crippen LogP contribution in [0, 0.1) is 6.92 Å². The number of aryl methyl sites for hydroxylation is 1. The number of amides is 2. The maximum Gasteiger partial charge on any atom is 0.266 e. The summed E-state index contributed by atoms with van der Waals surface area (Å²) < 4.78 is 0.555. The first-order chi connectivity index (χ1) is 11.7. The second-order valence-electron chi connectivity index (χ2n) is 7.15. The lowest BCUT2D eigenvalue weighted by molar-refractivity contribution is -0.124. The second-order valence-corrected chi connectivity index (χ2v) is 8.82. The van der Waals surface area contributed by atoms with Crippen molar-refractivity contribution in [2.75, 3.05) is 6.54 Å². The normalized spacial score (nSPS) is 16.6. The highest BCUT2D eigenvalue weighted by molar-refractivity contribution is 8.26. The predicted octanol–water partition coefficient (Wildman–Crippen LogP) is 3.89. The molecule has 0 saturated carbocycles. The number of carbonyl (C=O) groups excluding carboxylic acids is 2. The van der Waals surface area contributed by atoms with Crippen LogP contribution in [0.15, 0.2) is 29.2 Å². The Bertz CT molecular complexity index is 703. The highest BCUT2D eigenvalue weighted by Crippen LogP contribution is 2.32. The maximum atomic E-state index is 12.5. The largest absolute Gasteiger partial charge is 0.352 e. The Morgan fingerprint density at radius 3 is 2.52 bits per heavy atom. The van der Waals surface area contributed by atoms with Crippen molar-refractivity contribution in [1.82, 2.24) is 10.2 Å². The molecule has 6 heteroatoms. The van der Waals surface area contributed by atoms with Gasteiger partial charge in [-0.2, -0.15) is 0 Å². The van der Waals surface area contributed by atoms with E-state index in [9.17, 15) is 9.59 Å². The summed E-state index contributed by atoms with van der Waals surface area (Å²) in [4.78, 5) is 26.6. The molecule has 0 atom stereocenters. The van der Waals surface area contributed by atoms with Gasteiger partial charge in [0.15, 0.2) is 0 Å². The Balaban J connectivity index is 1.93. The van der Waals surface area contributed by atoms with E-state index in [1.165, 1.54) is 17.3 Å². The van der Waals surface area contributed by atoms with Gasteiger partial charge in [0.05, 0.1) is 4.91 Å². The van der Waals surface area contributed by atoms with Crippen molar-refractivity contribution in [2.45, 2.75) is 46.1 Å². The molecule has 1 saturated heterocycles. The summed E-state index contributed by atoms with van der Waals surface area (Å²) in [5.41, 5.74) is 1.92. The first-order valence-electron chi connectivity index (χ1n) is 8.29. The Morgan fingerprint density at radius 2 is 1.92 bits per heavy atom. The lowest BCUT2D eigenvalue weighted by Crippen LogP contribution is -2.40. The summed E-state index contributed by atoms with van der Waals surface area (Å²) in [7, 11) is 0. The van der Waals surface area contributed by atoms with Crippen LogP contribution in [0.1, 0.15) is 44.7 Å². The molecule has 0 aromatic heterocycles.